The van der Waals surface area contributed by atoms with Gasteiger partial charge in [-0.25, -0.2) is 0 Å². The smallest absolute Gasteiger partial charge is 0.247 e. The second kappa shape index (κ2) is 9.23. The molecule has 5 nitrogen and oxygen atoms in total. The molecule has 3 N–H and O–H groups in total. The first kappa shape index (κ1) is 21.1. The third-order valence-electron chi connectivity index (χ3n) is 5.49. The number of hydrogen-bond acceptors (Lipinski definition) is 3. The van der Waals surface area contributed by atoms with Gasteiger partial charge in [0.25, 0.3) is 0 Å². The zero-order valence-electron chi connectivity index (χ0n) is 17.7. The lowest BCUT2D eigenvalue weighted by atomic mass is 9.94. The molecule has 0 aromatic heterocycles. The molecule has 0 aliphatic carbocycles. The van der Waals surface area contributed by atoms with E-state index in [9.17, 15) is 9.59 Å². The van der Waals surface area contributed by atoms with E-state index in [1.165, 1.54) is 16.7 Å². The average molecular weight is 394 g/mol. The monoisotopic (exact) mass is 393 g/mol. The van der Waals surface area contributed by atoms with Crippen LogP contribution in [0.4, 0.5) is 5.69 Å². The highest BCUT2D eigenvalue weighted by Gasteiger charge is 2.29. The van der Waals surface area contributed by atoms with Gasteiger partial charge in [-0.2, -0.15) is 0 Å². The van der Waals surface area contributed by atoms with Gasteiger partial charge in [0.2, 0.25) is 11.8 Å². The summed E-state index contributed by atoms with van der Waals surface area (Å²) in [6.45, 7) is 8.81. The minimum Gasteiger partial charge on any atom is -0.343 e. The molecule has 1 heterocycles. The van der Waals surface area contributed by atoms with Crippen molar-refractivity contribution in [3.8, 4) is 0 Å². The first-order chi connectivity index (χ1) is 13.8. The minimum absolute atomic E-state index is 0.0234. The summed E-state index contributed by atoms with van der Waals surface area (Å²) in [5.74, 6) is 0.0886. The van der Waals surface area contributed by atoms with Gasteiger partial charge in [-0.05, 0) is 47.1 Å². The molecule has 0 spiro atoms. The molecule has 1 aliphatic heterocycles. The van der Waals surface area contributed by atoms with E-state index in [0.29, 0.717) is 18.9 Å². The molecular formula is C24H31N3O2. The summed E-state index contributed by atoms with van der Waals surface area (Å²) >= 11 is 0. The zero-order valence-corrected chi connectivity index (χ0v) is 17.7. The van der Waals surface area contributed by atoms with Crippen molar-refractivity contribution in [1.29, 1.82) is 0 Å². The summed E-state index contributed by atoms with van der Waals surface area (Å²) in [5.41, 5.74) is 4.37. The molecule has 2 aromatic rings. The molecule has 0 bridgehead atoms. The summed E-state index contributed by atoms with van der Waals surface area (Å²) in [6.07, 6.45) is 0.630. The van der Waals surface area contributed by atoms with Crippen LogP contribution in [-0.2, 0) is 22.6 Å². The van der Waals surface area contributed by atoms with Crippen molar-refractivity contribution in [2.75, 3.05) is 5.32 Å². The molecule has 5 heteroatoms. The van der Waals surface area contributed by atoms with E-state index in [1.54, 1.807) is 0 Å². The van der Waals surface area contributed by atoms with Gasteiger partial charge in [0, 0.05) is 12.2 Å². The number of amides is 2. The Labute approximate surface area is 173 Å². The molecule has 154 valence electrons. The number of fused-ring (bicyclic) bond motifs is 1. The lowest BCUT2D eigenvalue weighted by molar-refractivity contribution is -0.128. The van der Waals surface area contributed by atoms with E-state index in [1.807, 2.05) is 50.2 Å². The fourth-order valence-electron chi connectivity index (χ4n) is 3.60. The summed E-state index contributed by atoms with van der Waals surface area (Å²) in [4.78, 5) is 25.7. The van der Waals surface area contributed by atoms with Crippen LogP contribution in [0.15, 0.2) is 48.5 Å². The Morgan fingerprint density at radius 1 is 0.966 bits per heavy atom. The van der Waals surface area contributed by atoms with Crippen LogP contribution in [0.2, 0.25) is 0 Å². The highest BCUT2D eigenvalue weighted by Crippen LogP contribution is 2.19. The molecule has 2 atom stereocenters. The van der Waals surface area contributed by atoms with Gasteiger partial charge in [-0.3, -0.25) is 9.59 Å². The Morgan fingerprint density at radius 2 is 1.62 bits per heavy atom. The summed E-state index contributed by atoms with van der Waals surface area (Å²) in [5, 5.41) is 9.17. The number of carbonyl (C=O) groups excluding carboxylic acids is 2. The van der Waals surface area contributed by atoms with Crippen LogP contribution in [0.1, 0.15) is 50.3 Å². The van der Waals surface area contributed by atoms with Crippen molar-refractivity contribution in [3.05, 3.63) is 65.2 Å². The second-order valence-electron chi connectivity index (χ2n) is 8.40. The Morgan fingerprint density at radius 3 is 2.24 bits per heavy atom. The Balaban J connectivity index is 1.63. The van der Waals surface area contributed by atoms with Gasteiger partial charge in [-0.1, -0.05) is 64.1 Å². The van der Waals surface area contributed by atoms with E-state index in [-0.39, 0.29) is 23.8 Å². The molecular weight excluding hydrogens is 362 g/mol. The van der Waals surface area contributed by atoms with Gasteiger partial charge >= 0.3 is 0 Å². The number of rotatable bonds is 6. The standard InChI is InChI=1S/C24H31N3O2/c1-15(2)17-9-11-20(12-10-17)26-24(29)22(16(3)4)27-23(28)21-13-18-7-5-6-8-19(18)14-25-21/h5-12,15-16,21-22,25H,13-14H2,1-4H3,(H,26,29)(H,27,28)/t21-,22-/m0/s1. The van der Waals surface area contributed by atoms with E-state index < -0.39 is 6.04 Å². The van der Waals surface area contributed by atoms with Crippen LogP contribution in [0.5, 0.6) is 0 Å². The molecule has 3 rings (SSSR count). The quantitative estimate of drug-likeness (QED) is 0.702. The summed E-state index contributed by atoms with van der Waals surface area (Å²) < 4.78 is 0. The predicted octanol–water partition coefficient (Wildman–Crippen LogP) is 3.60. The maximum atomic E-state index is 12.8. The minimum atomic E-state index is -0.591. The van der Waals surface area contributed by atoms with Crippen LogP contribution in [-0.4, -0.2) is 23.9 Å². The highest BCUT2D eigenvalue weighted by molar-refractivity contribution is 5.98. The zero-order chi connectivity index (χ0) is 21.0. The number of hydrogen-bond donors (Lipinski definition) is 3. The SMILES string of the molecule is CC(C)c1ccc(NC(=O)[C@@H](NC(=O)[C@@H]2Cc3ccccc3CN2)C(C)C)cc1. The fourth-order valence-corrected chi connectivity index (χ4v) is 3.60. The number of nitrogens with one attached hydrogen (secondary N) is 3. The molecule has 0 unspecified atom stereocenters. The fraction of sp³-hybridized carbons (Fsp3) is 0.417. The lowest BCUT2D eigenvalue weighted by Gasteiger charge is -2.28. The predicted molar refractivity (Wildman–Crippen MR) is 117 cm³/mol. The summed E-state index contributed by atoms with van der Waals surface area (Å²) in [7, 11) is 0. The van der Waals surface area contributed by atoms with Crippen LogP contribution in [0.3, 0.4) is 0 Å². The van der Waals surface area contributed by atoms with E-state index >= 15 is 0 Å². The molecule has 0 saturated carbocycles. The largest absolute Gasteiger partial charge is 0.343 e. The normalized spacial score (nSPS) is 17.0. The topological polar surface area (TPSA) is 70.2 Å². The Kier molecular flexibility index (Phi) is 6.70. The van der Waals surface area contributed by atoms with Crippen molar-refractivity contribution in [2.45, 2.75) is 58.7 Å². The Hall–Kier alpha value is -2.66. The van der Waals surface area contributed by atoms with Crippen molar-refractivity contribution >= 4 is 17.5 Å². The van der Waals surface area contributed by atoms with Gasteiger partial charge in [0.1, 0.15) is 6.04 Å². The lowest BCUT2D eigenvalue weighted by Crippen LogP contribution is -2.54. The first-order valence-corrected chi connectivity index (χ1v) is 10.4. The molecule has 0 radical (unpaired) electrons. The molecule has 0 saturated heterocycles. The molecule has 29 heavy (non-hydrogen) atoms. The second-order valence-corrected chi connectivity index (χ2v) is 8.40. The molecule has 0 fully saturated rings. The Bertz CT molecular complexity index is 859. The van der Waals surface area contributed by atoms with E-state index in [4.69, 9.17) is 0 Å². The van der Waals surface area contributed by atoms with Gasteiger partial charge in [-0.15, -0.1) is 0 Å². The van der Waals surface area contributed by atoms with Gasteiger partial charge < -0.3 is 16.0 Å². The third-order valence-corrected chi connectivity index (χ3v) is 5.49. The third kappa shape index (κ3) is 5.24. The van der Waals surface area contributed by atoms with E-state index in [2.05, 4.69) is 41.9 Å². The van der Waals surface area contributed by atoms with Crippen LogP contribution < -0.4 is 16.0 Å². The van der Waals surface area contributed by atoms with Crippen molar-refractivity contribution in [2.24, 2.45) is 5.92 Å². The van der Waals surface area contributed by atoms with Crippen LogP contribution in [0, 0.1) is 5.92 Å². The number of carbonyl (C=O) groups is 2. The van der Waals surface area contributed by atoms with Gasteiger partial charge in [0.15, 0.2) is 0 Å². The number of anilines is 1. The van der Waals surface area contributed by atoms with Crippen molar-refractivity contribution < 1.29 is 9.59 Å². The average Bonchev–Trinajstić information content (AvgIpc) is 2.71. The maximum absolute atomic E-state index is 12.8. The van der Waals surface area contributed by atoms with Crippen LogP contribution in [0.25, 0.3) is 0 Å². The first-order valence-electron chi connectivity index (χ1n) is 10.4. The molecule has 2 amide bonds. The highest BCUT2D eigenvalue weighted by atomic mass is 16.2. The van der Waals surface area contributed by atoms with Crippen LogP contribution >= 0.6 is 0 Å². The van der Waals surface area contributed by atoms with Crippen molar-refractivity contribution in [3.63, 3.8) is 0 Å². The molecule has 1 aliphatic rings. The summed E-state index contributed by atoms with van der Waals surface area (Å²) in [6, 6.07) is 15.1. The van der Waals surface area contributed by atoms with Gasteiger partial charge in [0.05, 0.1) is 6.04 Å². The maximum Gasteiger partial charge on any atom is 0.247 e. The van der Waals surface area contributed by atoms with Crippen molar-refractivity contribution in [1.82, 2.24) is 10.6 Å². The van der Waals surface area contributed by atoms with E-state index in [0.717, 1.165) is 5.69 Å². The number of benzene rings is 2. The molecule has 2 aromatic carbocycles.